The molecule has 0 aliphatic rings. The Bertz CT molecular complexity index is 1030. The Morgan fingerprint density at radius 2 is 1.87 bits per heavy atom. The fourth-order valence-electron chi connectivity index (χ4n) is 2.51. The number of nitrogens with zero attached hydrogens (tertiary/aromatic N) is 3. The zero-order valence-corrected chi connectivity index (χ0v) is 18.0. The Labute approximate surface area is 181 Å². The molecule has 0 saturated heterocycles. The van der Waals surface area contributed by atoms with Crippen LogP contribution in [0.4, 0.5) is 20.9 Å². The van der Waals surface area contributed by atoms with Gasteiger partial charge < -0.3 is 15.5 Å². The molecule has 2 N–H and O–H groups in total. The van der Waals surface area contributed by atoms with E-state index in [2.05, 4.69) is 20.8 Å². The molecule has 0 aliphatic carbocycles. The molecule has 2 amide bonds. The van der Waals surface area contributed by atoms with Crippen molar-refractivity contribution in [3.8, 4) is 0 Å². The Kier molecular flexibility index (Phi) is 7.36. The molecule has 0 saturated carbocycles. The molecule has 0 bridgehead atoms. The van der Waals surface area contributed by atoms with E-state index in [0.29, 0.717) is 21.7 Å². The van der Waals surface area contributed by atoms with Crippen LogP contribution in [0.1, 0.15) is 12.5 Å². The summed E-state index contributed by atoms with van der Waals surface area (Å²) in [5.74, 6) is -0.275. The smallest absolute Gasteiger partial charge is 0.233 e. The molecule has 3 aromatic rings. The number of thioether (sulfide) groups is 1. The molecule has 0 radical (unpaired) electrons. The molecule has 30 heavy (non-hydrogen) atoms. The van der Waals surface area contributed by atoms with E-state index in [1.165, 1.54) is 42.2 Å². The molecule has 1 heterocycles. The van der Waals surface area contributed by atoms with Crippen LogP contribution in [0.3, 0.4) is 0 Å². The number of nitrogens with one attached hydrogen (secondary N) is 2. The summed E-state index contributed by atoms with van der Waals surface area (Å²) in [5.41, 5.74) is 2.31. The van der Waals surface area contributed by atoms with Gasteiger partial charge in [0.05, 0.1) is 5.75 Å². The third-order valence-corrected chi connectivity index (χ3v) is 5.88. The summed E-state index contributed by atoms with van der Waals surface area (Å²) in [7, 11) is 1.71. The van der Waals surface area contributed by atoms with Crippen molar-refractivity contribution in [1.29, 1.82) is 0 Å². The summed E-state index contributed by atoms with van der Waals surface area (Å²) in [4.78, 5) is 25.1. The van der Waals surface area contributed by atoms with Gasteiger partial charge in [0.25, 0.3) is 0 Å². The van der Waals surface area contributed by atoms with Gasteiger partial charge in [0, 0.05) is 31.9 Å². The number of anilines is 3. The number of carbonyl (C=O) groups excluding carboxylic acids is 2. The molecule has 7 nitrogen and oxygen atoms in total. The van der Waals surface area contributed by atoms with Gasteiger partial charge in [-0.15, -0.1) is 10.2 Å². The summed E-state index contributed by atoms with van der Waals surface area (Å²) in [5, 5.41) is 14.6. The van der Waals surface area contributed by atoms with Crippen LogP contribution >= 0.6 is 23.1 Å². The maximum atomic E-state index is 13.0. The third kappa shape index (κ3) is 6.53. The molecule has 2 aromatic carbocycles. The van der Waals surface area contributed by atoms with E-state index in [1.54, 1.807) is 36.2 Å². The minimum Gasteiger partial charge on any atom is -0.341 e. The van der Waals surface area contributed by atoms with Crippen LogP contribution in [0.5, 0.6) is 0 Å². The molecule has 1 aromatic heterocycles. The number of aromatic nitrogens is 2. The lowest BCUT2D eigenvalue weighted by atomic mass is 10.2. The quantitative estimate of drug-likeness (QED) is 0.507. The van der Waals surface area contributed by atoms with E-state index in [9.17, 15) is 14.0 Å². The number of halogens is 1. The first-order valence-corrected chi connectivity index (χ1v) is 10.8. The molecular formula is C20H20FN5O2S2. The van der Waals surface area contributed by atoms with Crippen molar-refractivity contribution in [2.24, 2.45) is 0 Å². The highest BCUT2D eigenvalue weighted by Crippen LogP contribution is 2.28. The van der Waals surface area contributed by atoms with E-state index in [0.717, 1.165) is 11.3 Å². The van der Waals surface area contributed by atoms with E-state index in [4.69, 9.17) is 0 Å². The van der Waals surface area contributed by atoms with E-state index in [1.807, 2.05) is 12.1 Å². The molecule has 0 aliphatic heterocycles. The van der Waals surface area contributed by atoms with Crippen molar-refractivity contribution >= 4 is 51.4 Å². The molecular weight excluding hydrogens is 425 g/mol. The summed E-state index contributed by atoms with van der Waals surface area (Å²) in [6, 6.07) is 13.3. The van der Waals surface area contributed by atoms with Crippen molar-refractivity contribution in [3.05, 3.63) is 59.9 Å². The monoisotopic (exact) mass is 445 g/mol. The van der Waals surface area contributed by atoms with Gasteiger partial charge in [-0.25, -0.2) is 4.39 Å². The molecule has 10 heteroatoms. The number of amides is 2. The average molecular weight is 446 g/mol. The first kappa shape index (κ1) is 21.7. The van der Waals surface area contributed by atoms with Crippen LogP contribution in [0, 0.1) is 5.82 Å². The van der Waals surface area contributed by atoms with E-state index < -0.39 is 0 Å². The lowest BCUT2D eigenvalue weighted by Gasteiger charge is -2.16. The first-order valence-electron chi connectivity index (χ1n) is 8.98. The van der Waals surface area contributed by atoms with Gasteiger partial charge >= 0.3 is 0 Å². The molecule has 3 rings (SSSR count). The fraction of sp³-hybridized carbons (Fsp3) is 0.200. The van der Waals surface area contributed by atoms with Gasteiger partial charge in [-0.1, -0.05) is 41.3 Å². The standard InChI is InChI=1S/C20H20FN5O2S2/c1-13(27)22-16-4-3-5-17(10-16)23-19-24-25-20(30-19)29-12-18(28)26(2)11-14-6-8-15(21)9-7-14/h3-10H,11-12H2,1-2H3,(H,22,27)(H,23,24). The van der Waals surface area contributed by atoms with Gasteiger partial charge in [0.1, 0.15) is 5.82 Å². The lowest BCUT2D eigenvalue weighted by molar-refractivity contribution is -0.127. The highest BCUT2D eigenvalue weighted by molar-refractivity contribution is 8.01. The highest BCUT2D eigenvalue weighted by atomic mass is 32.2. The second kappa shape index (κ2) is 10.2. The van der Waals surface area contributed by atoms with Crippen LogP contribution in [0.15, 0.2) is 52.9 Å². The van der Waals surface area contributed by atoms with Gasteiger partial charge in [-0.2, -0.15) is 0 Å². The summed E-state index contributed by atoms with van der Waals surface area (Å²) >= 11 is 2.65. The minimum absolute atomic E-state index is 0.0583. The lowest BCUT2D eigenvalue weighted by Crippen LogP contribution is -2.27. The molecule has 156 valence electrons. The van der Waals surface area contributed by atoms with Crippen LogP contribution in [-0.2, 0) is 16.1 Å². The Morgan fingerprint density at radius 3 is 2.60 bits per heavy atom. The number of carbonyl (C=O) groups is 2. The van der Waals surface area contributed by atoms with Crippen molar-refractivity contribution in [2.45, 2.75) is 17.8 Å². The van der Waals surface area contributed by atoms with Gasteiger partial charge in [-0.3, -0.25) is 9.59 Å². The van der Waals surface area contributed by atoms with Crippen LogP contribution in [-0.4, -0.2) is 39.7 Å². The van der Waals surface area contributed by atoms with Crippen molar-refractivity contribution in [2.75, 3.05) is 23.4 Å². The van der Waals surface area contributed by atoms with E-state index >= 15 is 0 Å². The van der Waals surface area contributed by atoms with Crippen LogP contribution in [0.2, 0.25) is 0 Å². The number of benzene rings is 2. The van der Waals surface area contributed by atoms with Crippen LogP contribution in [0.25, 0.3) is 0 Å². The minimum atomic E-state index is -0.300. The second-order valence-electron chi connectivity index (χ2n) is 6.43. The molecule has 0 atom stereocenters. The second-order valence-corrected chi connectivity index (χ2v) is 8.63. The maximum absolute atomic E-state index is 13.0. The number of hydrogen-bond acceptors (Lipinski definition) is 7. The largest absolute Gasteiger partial charge is 0.341 e. The molecule has 0 fully saturated rings. The average Bonchev–Trinajstić information content (AvgIpc) is 3.15. The summed E-state index contributed by atoms with van der Waals surface area (Å²) in [6.45, 7) is 1.86. The third-order valence-electron chi connectivity index (χ3n) is 3.92. The molecule has 0 spiro atoms. The summed E-state index contributed by atoms with van der Waals surface area (Å²) in [6.07, 6.45) is 0. The number of rotatable bonds is 8. The van der Waals surface area contributed by atoms with Gasteiger partial charge in [0.15, 0.2) is 4.34 Å². The normalized spacial score (nSPS) is 10.5. The fourth-order valence-corrected chi connectivity index (χ4v) is 4.22. The predicted octanol–water partition coefficient (Wildman–Crippen LogP) is 4.13. The SMILES string of the molecule is CC(=O)Nc1cccc(Nc2nnc(SCC(=O)N(C)Cc3ccc(F)cc3)s2)c1. The number of hydrogen-bond donors (Lipinski definition) is 2. The zero-order chi connectivity index (χ0) is 21.5. The highest BCUT2D eigenvalue weighted by Gasteiger charge is 2.13. The maximum Gasteiger partial charge on any atom is 0.233 e. The Morgan fingerprint density at radius 1 is 1.13 bits per heavy atom. The summed E-state index contributed by atoms with van der Waals surface area (Å²) < 4.78 is 13.6. The van der Waals surface area contributed by atoms with Gasteiger partial charge in [-0.05, 0) is 35.9 Å². The first-order chi connectivity index (χ1) is 14.4. The Hall–Kier alpha value is -2.98. The van der Waals surface area contributed by atoms with Crippen molar-refractivity contribution in [1.82, 2.24) is 15.1 Å². The van der Waals surface area contributed by atoms with Gasteiger partial charge in [0.2, 0.25) is 16.9 Å². The van der Waals surface area contributed by atoms with Crippen molar-refractivity contribution < 1.29 is 14.0 Å². The topological polar surface area (TPSA) is 87.2 Å². The van der Waals surface area contributed by atoms with Crippen LogP contribution < -0.4 is 10.6 Å². The van der Waals surface area contributed by atoms with E-state index in [-0.39, 0.29) is 23.4 Å². The molecule has 0 unspecified atom stereocenters. The predicted molar refractivity (Wildman–Crippen MR) is 118 cm³/mol. The Balaban J connectivity index is 1.51. The zero-order valence-electron chi connectivity index (χ0n) is 16.4. The van der Waals surface area contributed by atoms with Crippen molar-refractivity contribution in [3.63, 3.8) is 0 Å².